The Bertz CT molecular complexity index is 708. The average molecular weight is 302 g/mol. The first-order chi connectivity index (χ1) is 10.7. The predicted octanol–water partition coefficient (Wildman–Crippen LogP) is 2.21. The lowest BCUT2D eigenvalue weighted by Gasteiger charge is -2.28. The Morgan fingerprint density at radius 1 is 1.32 bits per heavy atom. The lowest BCUT2D eigenvalue weighted by Crippen LogP contribution is -2.39. The van der Waals surface area contributed by atoms with E-state index in [9.17, 15) is 9.18 Å². The summed E-state index contributed by atoms with van der Waals surface area (Å²) in [6.07, 6.45) is 2.02. The fourth-order valence-electron chi connectivity index (χ4n) is 2.41. The third-order valence-electron chi connectivity index (χ3n) is 3.55. The van der Waals surface area contributed by atoms with Gasteiger partial charge in [0.05, 0.1) is 7.11 Å². The Balaban J connectivity index is 1.71. The number of carbonyl (C=O) groups excluding carboxylic acids is 1. The lowest BCUT2D eigenvalue weighted by atomic mass is 10.00. The van der Waals surface area contributed by atoms with Gasteiger partial charge in [0.1, 0.15) is 18.0 Å². The van der Waals surface area contributed by atoms with E-state index in [2.05, 4.69) is 15.3 Å². The third kappa shape index (κ3) is 2.98. The minimum absolute atomic E-state index is 0.282. The van der Waals surface area contributed by atoms with Crippen LogP contribution in [0.1, 0.15) is 11.1 Å². The van der Waals surface area contributed by atoms with Crippen LogP contribution in [0.4, 0.5) is 15.0 Å². The number of fused-ring (bicyclic) bond motifs is 1. The van der Waals surface area contributed by atoms with Crippen LogP contribution in [0, 0.1) is 5.82 Å². The van der Waals surface area contributed by atoms with Crippen molar-refractivity contribution in [2.75, 3.05) is 19.0 Å². The van der Waals surface area contributed by atoms with Crippen molar-refractivity contribution in [1.82, 2.24) is 14.9 Å². The summed E-state index contributed by atoms with van der Waals surface area (Å²) in [6.45, 7) is 0.952. The quantitative estimate of drug-likeness (QED) is 0.923. The molecule has 0 spiro atoms. The van der Waals surface area contributed by atoms with Gasteiger partial charge in [-0.15, -0.1) is 0 Å². The van der Waals surface area contributed by atoms with Crippen molar-refractivity contribution in [2.24, 2.45) is 0 Å². The summed E-state index contributed by atoms with van der Waals surface area (Å²) in [5.74, 6) is 0.444. The van der Waals surface area contributed by atoms with Gasteiger partial charge in [-0.1, -0.05) is 6.07 Å². The molecule has 1 aliphatic rings. The van der Waals surface area contributed by atoms with E-state index in [-0.39, 0.29) is 11.8 Å². The number of amides is 2. The van der Waals surface area contributed by atoms with Gasteiger partial charge in [0.2, 0.25) is 5.88 Å². The van der Waals surface area contributed by atoms with E-state index in [0.29, 0.717) is 31.2 Å². The molecule has 0 radical (unpaired) electrons. The molecule has 0 fully saturated rings. The van der Waals surface area contributed by atoms with Crippen LogP contribution in [0.2, 0.25) is 0 Å². The minimum atomic E-state index is -0.290. The van der Waals surface area contributed by atoms with Gasteiger partial charge in [0.15, 0.2) is 0 Å². The van der Waals surface area contributed by atoms with Gasteiger partial charge in [-0.2, -0.15) is 0 Å². The van der Waals surface area contributed by atoms with Crippen LogP contribution in [0.25, 0.3) is 0 Å². The topological polar surface area (TPSA) is 67.3 Å². The van der Waals surface area contributed by atoms with Gasteiger partial charge in [0, 0.05) is 19.2 Å². The molecule has 0 saturated carbocycles. The molecule has 1 aromatic heterocycles. The Morgan fingerprint density at radius 2 is 2.18 bits per heavy atom. The minimum Gasteiger partial charge on any atom is -0.481 e. The summed E-state index contributed by atoms with van der Waals surface area (Å²) < 4.78 is 18.3. The van der Waals surface area contributed by atoms with Crippen LogP contribution >= 0.6 is 0 Å². The number of rotatable bonds is 2. The first-order valence-corrected chi connectivity index (χ1v) is 6.85. The normalized spacial score (nSPS) is 13.5. The molecule has 0 saturated heterocycles. The van der Waals surface area contributed by atoms with E-state index in [1.54, 1.807) is 11.0 Å². The Morgan fingerprint density at radius 3 is 3.00 bits per heavy atom. The van der Waals surface area contributed by atoms with E-state index in [0.717, 1.165) is 11.1 Å². The standard InChI is InChI=1S/C15H15FN4O2/c1-22-14-7-13(17-9-18-14)19-15(21)20-5-4-10-2-3-12(16)6-11(10)8-20/h2-3,6-7,9H,4-5,8H2,1H3,(H,17,18,19,21). The first-order valence-electron chi connectivity index (χ1n) is 6.85. The number of nitrogens with zero attached hydrogens (tertiary/aromatic N) is 3. The molecule has 3 rings (SSSR count). The number of aromatic nitrogens is 2. The molecule has 22 heavy (non-hydrogen) atoms. The van der Waals surface area contributed by atoms with E-state index < -0.39 is 0 Å². The summed E-state index contributed by atoms with van der Waals surface area (Å²) in [4.78, 5) is 21.8. The zero-order valence-corrected chi connectivity index (χ0v) is 12.0. The number of urea groups is 1. The van der Waals surface area contributed by atoms with Crippen molar-refractivity contribution in [3.05, 3.63) is 47.5 Å². The maximum Gasteiger partial charge on any atom is 0.323 e. The van der Waals surface area contributed by atoms with Crippen molar-refractivity contribution < 1.29 is 13.9 Å². The van der Waals surface area contributed by atoms with Crippen LogP contribution in [-0.4, -0.2) is 34.6 Å². The summed E-state index contributed by atoms with van der Waals surface area (Å²) in [7, 11) is 1.49. The predicted molar refractivity (Wildman–Crippen MR) is 78.1 cm³/mol. The summed E-state index contributed by atoms with van der Waals surface area (Å²) >= 11 is 0. The number of halogens is 1. The fourth-order valence-corrected chi connectivity index (χ4v) is 2.41. The highest BCUT2D eigenvalue weighted by Gasteiger charge is 2.21. The zero-order chi connectivity index (χ0) is 15.5. The molecule has 0 bridgehead atoms. The number of anilines is 1. The number of hydrogen-bond donors (Lipinski definition) is 1. The molecular formula is C15H15FN4O2. The van der Waals surface area contributed by atoms with Crippen molar-refractivity contribution in [1.29, 1.82) is 0 Å². The highest BCUT2D eigenvalue weighted by Crippen LogP contribution is 2.21. The summed E-state index contributed by atoms with van der Waals surface area (Å²) in [5, 5.41) is 2.69. The Labute approximate surface area is 126 Å². The van der Waals surface area contributed by atoms with Gasteiger partial charge in [-0.05, 0) is 29.7 Å². The largest absolute Gasteiger partial charge is 0.481 e. The van der Waals surface area contributed by atoms with Gasteiger partial charge < -0.3 is 9.64 Å². The molecule has 7 heteroatoms. The second kappa shape index (κ2) is 5.97. The number of methoxy groups -OCH3 is 1. The maximum absolute atomic E-state index is 13.3. The van der Waals surface area contributed by atoms with Crippen molar-refractivity contribution in [3.8, 4) is 5.88 Å². The second-order valence-corrected chi connectivity index (χ2v) is 4.96. The van der Waals surface area contributed by atoms with Crippen LogP contribution in [-0.2, 0) is 13.0 Å². The van der Waals surface area contributed by atoms with E-state index in [4.69, 9.17) is 4.74 Å². The maximum atomic E-state index is 13.3. The molecule has 2 heterocycles. The lowest BCUT2D eigenvalue weighted by molar-refractivity contribution is 0.206. The molecule has 1 aliphatic heterocycles. The third-order valence-corrected chi connectivity index (χ3v) is 3.55. The number of ether oxygens (including phenoxy) is 1. The molecule has 114 valence electrons. The number of hydrogen-bond acceptors (Lipinski definition) is 4. The zero-order valence-electron chi connectivity index (χ0n) is 12.0. The van der Waals surface area contributed by atoms with Crippen molar-refractivity contribution >= 4 is 11.8 Å². The SMILES string of the molecule is COc1cc(NC(=O)N2CCc3ccc(F)cc3C2)ncn1. The molecule has 1 N–H and O–H groups in total. The molecule has 1 aromatic carbocycles. The number of nitrogens with one attached hydrogen (secondary N) is 1. The molecule has 2 aromatic rings. The van der Waals surface area contributed by atoms with E-state index >= 15 is 0 Å². The Kier molecular flexibility index (Phi) is 3.86. The number of carbonyl (C=O) groups is 1. The smallest absolute Gasteiger partial charge is 0.323 e. The molecule has 0 aliphatic carbocycles. The molecule has 2 amide bonds. The van der Waals surface area contributed by atoms with Crippen LogP contribution < -0.4 is 10.1 Å². The molecular weight excluding hydrogens is 287 g/mol. The van der Waals surface area contributed by atoms with Gasteiger partial charge >= 0.3 is 6.03 Å². The first kappa shape index (κ1) is 14.2. The van der Waals surface area contributed by atoms with Gasteiger partial charge in [0.25, 0.3) is 0 Å². The highest BCUT2D eigenvalue weighted by molar-refractivity contribution is 5.88. The van der Waals surface area contributed by atoms with Crippen LogP contribution in [0.5, 0.6) is 5.88 Å². The fraction of sp³-hybridized carbons (Fsp3) is 0.267. The monoisotopic (exact) mass is 302 g/mol. The van der Waals surface area contributed by atoms with Crippen molar-refractivity contribution in [3.63, 3.8) is 0 Å². The van der Waals surface area contributed by atoms with E-state index in [1.807, 2.05) is 0 Å². The molecule has 0 atom stereocenters. The van der Waals surface area contributed by atoms with Crippen LogP contribution in [0.3, 0.4) is 0 Å². The highest BCUT2D eigenvalue weighted by atomic mass is 19.1. The van der Waals surface area contributed by atoms with Crippen molar-refractivity contribution in [2.45, 2.75) is 13.0 Å². The second-order valence-electron chi connectivity index (χ2n) is 4.96. The molecule has 0 unspecified atom stereocenters. The number of benzene rings is 1. The summed E-state index contributed by atoms with van der Waals surface area (Å²) in [6, 6.07) is 5.95. The van der Waals surface area contributed by atoms with Gasteiger partial charge in [-0.3, -0.25) is 5.32 Å². The van der Waals surface area contributed by atoms with E-state index in [1.165, 1.54) is 31.6 Å². The average Bonchev–Trinajstić information content (AvgIpc) is 2.54. The molecule has 6 nitrogen and oxygen atoms in total. The van der Waals surface area contributed by atoms with Crippen LogP contribution in [0.15, 0.2) is 30.6 Å². The van der Waals surface area contributed by atoms with Gasteiger partial charge in [-0.25, -0.2) is 19.2 Å². The summed E-state index contributed by atoms with van der Waals surface area (Å²) in [5.41, 5.74) is 1.91. The Hall–Kier alpha value is -2.70.